The number of rotatable bonds is 7. The van der Waals surface area contributed by atoms with E-state index in [2.05, 4.69) is 139 Å². The smallest absolute Gasteiger partial charge is 0.0380 e. The highest BCUT2D eigenvalue weighted by atomic mass is 14.8. The van der Waals surface area contributed by atoms with Crippen LogP contribution in [0.4, 0.5) is 5.69 Å². The van der Waals surface area contributed by atoms with E-state index < -0.39 is 0 Å². The van der Waals surface area contributed by atoms with Gasteiger partial charge in [-0.1, -0.05) is 122 Å². The first-order valence-corrected chi connectivity index (χ1v) is 11.8. The summed E-state index contributed by atoms with van der Waals surface area (Å²) in [5, 5.41) is 5.94. The molecule has 1 nitrogen and oxygen atoms in total. The Labute approximate surface area is 207 Å². The maximum atomic E-state index is 3.88. The molecule has 5 rings (SSSR count). The fraction of sp³-hybridized carbons (Fsp3) is 0. The Morgan fingerprint density at radius 3 is 1.89 bits per heavy atom. The van der Waals surface area contributed by atoms with E-state index in [-0.39, 0.29) is 0 Å². The van der Waals surface area contributed by atoms with E-state index in [0.717, 1.165) is 11.3 Å². The highest BCUT2D eigenvalue weighted by molar-refractivity contribution is 5.99. The van der Waals surface area contributed by atoms with Gasteiger partial charge in [-0.25, -0.2) is 0 Å². The first-order chi connectivity index (χ1) is 17.3. The first-order valence-electron chi connectivity index (χ1n) is 11.8. The van der Waals surface area contributed by atoms with Crippen molar-refractivity contribution < 1.29 is 0 Å². The monoisotopic (exact) mass is 449 g/mol. The van der Waals surface area contributed by atoms with Gasteiger partial charge in [-0.15, -0.1) is 0 Å². The van der Waals surface area contributed by atoms with Gasteiger partial charge in [-0.3, -0.25) is 0 Å². The molecule has 0 saturated heterocycles. The van der Waals surface area contributed by atoms with Gasteiger partial charge < -0.3 is 5.32 Å². The third kappa shape index (κ3) is 5.15. The predicted molar refractivity (Wildman–Crippen MR) is 152 cm³/mol. The van der Waals surface area contributed by atoms with Crippen molar-refractivity contribution in [3.8, 4) is 22.3 Å². The summed E-state index contributed by atoms with van der Waals surface area (Å²) in [6.45, 7) is 3.88. The van der Waals surface area contributed by atoms with Crippen molar-refractivity contribution in [1.82, 2.24) is 0 Å². The number of anilines is 1. The lowest BCUT2D eigenvalue weighted by Gasteiger charge is -2.13. The maximum Gasteiger partial charge on any atom is 0.0380 e. The van der Waals surface area contributed by atoms with E-state index in [4.69, 9.17) is 0 Å². The lowest BCUT2D eigenvalue weighted by atomic mass is 9.93. The third-order valence-electron chi connectivity index (χ3n) is 6.08. The third-order valence-corrected chi connectivity index (χ3v) is 6.08. The number of allylic oxidation sites excluding steroid dienone is 4. The molecule has 0 heterocycles. The summed E-state index contributed by atoms with van der Waals surface area (Å²) in [7, 11) is 0. The van der Waals surface area contributed by atoms with Crippen LogP contribution in [0.15, 0.2) is 152 Å². The molecule has 5 aromatic carbocycles. The number of hydrogen-bond donors (Lipinski definition) is 1. The van der Waals surface area contributed by atoms with Crippen LogP contribution in [-0.2, 0) is 0 Å². The van der Waals surface area contributed by atoms with Crippen LogP contribution in [0.5, 0.6) is 0 Å². The van der Waals surface area contributed by atoms with Gasteiger partial charge in [0.15, 0.2) is 0 Å². The minimum absolute atomic E-state index is 1.04. The van der Waals surface area contributed by atoms with Crippen molar-refractivity contribution in [2.24, 2.45) is 0 Å². The van der Waals surface area contributed by atoms with Crippen LogP contribution < -0.4 is 5.32 Å². The summed E-state index contributed by atoms with van der Waals surface area (Å²) in [5.74, 6) is 0. The molecule has 0 saturated carbocycles. The van der Waals surface area contributed by atoms with Gasteiger partial charge in [0, 0.05) is 11.9 Å². The Hall–Kier alpha value is -4.62. The molecular weight excluding hydrogens is 422 g/mol. The molecule has 0 unspecified atom stereocenters. The Bertz CT molecular complexity index is 1490. The highest BCUT2D eigenvalue weighted by Crippen LogP contribution is 2.32. The van der Waals surface area contributed by atoms with Crippen molar-refractivity contribution in [2.75, 3.05) is 5.32 Å². The summed E-state index contributed by atoms with van der Waals surface area (Å²) in [6.07, 6.45) is 7.98. The molecule has 0 fully saturated rings. The van der Waals surface area contributed by atoms with Crippen LogP contribution in [0.1, 0.15) is 5.56 Å². The SMILES string of the molecule is C=C/C=C\C(=C/Nc1ccc(-c2ccccc2)cc1)c1cc(-c2ccccc2)cc2ccccc12. The molecule has 0 aromatic heterocycles. The molecule has 0 aliphatic carbocycles. The number of hydrogen-bond acceptors (Lipinski definition) is 1. The summed E-state index contributed by atoms with van der Waals surface area (Å²) >= 11 is 0. The minimum Gasteiger partial charge on any atom is -0.361 e. The summed E-state index contributed by atoms with van der Waals surface area (Å²) < 4.78 is 0. The molecule has 0 aliphatic rings. The lowest BCUT2D eigenvalue weighted by Crippen LogP contribution is -1.93. The normalized spacial score (nSPS) is 11.6. The molecule has 1 N–H and O–H groups in total. The molecular formula is C34H27N. The maximum absolute atomic E-state index is 3.88. The summed E-state index contributed by atoms with van der Waals surface area (Å²) in [5.41, 5.74) is 8.12. The van der Waals surface area contributed by atoms with Crippen LogP contribution in [-0.4, -0.2) is 0 Å². The molecule has 0 aliphatic heterocycles. The van der Waals surface area contributed by atoms with Gasteiger partial charge in [0.2, 0.25) is 0 Å². The topological polar surface area (TPSA) is 12.0 Å². The predicted octanol–water partition coefficient (Wildman–Crippen LogP) is 9.37. The second kappa shape index (κ2) is 10.5. The van der Waals surface area contributed by atoms with Gasteiger partial charge in [0.1, 0.15) is 0 Å². The van der Waals surface area contributed by atoms with Crippen molar-refractivity contribution in [2.45, 2.75) is 0 Å². The zero-order chi connectivity index (χ0) is 23.9. The number of benzene rings is 5. The Kier molecular flexibility index (Phi) is 6.68. The molecule has 0 atom stereocenters. The first kappa shape index (κ1) is 22.2. The Balaban J connectivity index is 1.54. The highest BCUT2D eigenvalue weighted by Gasteiger charge is 2.09. The average Bonchev–Trinajstić information content (AvgIpc) is 2.94. The molecule has 5 aromatic rings. The molecule has 35 heavy (non-hydrogen) atoms. The van der Waals surface area contributed by atoms with Crippen LogP contribution >= 0.6 is 0 Å². The Morgan fingerprint density at radius 2 is 1.20 bits per heavy atom. The van der Waals surface area contributed by atoms with Crippen LogP contribution in [0.2, 0.25) is 0 Å². The zero-order valence-electron chi connectivity index (χ0n) is 19.6. The van der Waals surface area contributed by atoms with Crippen molar-refractivity contribution in [3.63, 3.8) is 0 Å². The summed E-state index contributed by atoms with van der Waals surface area (Å²) in [6, 6.07) is 42.6. The largest absolute Gasteiger partial charge is 0.361 e. The zero-order valence-corrected chi connectivity index (χ0v) is 19.6. The van der Waals surface area contributed by atoms with Gasteiger partial charge >= 0.3 is 0 Å². The molecule has 168 valence electrons. The summed E-state index contributed by atoms with van der Waals surface area (Å²) in [4.78, 5) is 0. The van der Waals surface area contributed by atoms with E-state index in [1.165, 1.54) is 38.6 Å². The van der Waals surface area contributed by atoms with E-state index in [9.17, 15) is 0 Å². The van der Waals surface area contributed by atoms with Gasteiger partial charge in [0.05, 0.1) is 0 Å². The average molecular weight is 450 g/mol. The van der Waals surface area contributed by atoms with Crippen molar-refractivity contribution in [3.05, 3.63) is 158 Å². The quantitative estimate of drug-likeness (QED) is 0.244. The van der Waals surface area contributed by atoms with Crippen LogP contribution in [0, 0.1) is 0 Å². The molecule has 1 heteroatoms. The fourth-order valence-corrected chi connectivity index (χ4v) is 4.28. The minimum atomic E-state index is 1.04. The van der Waals surface area contributed by atoms with E-state index >= 15 is 0 Å². The lowest BCUT2D eigenvalue weighted by molar-refractivity contribution is 1.55. The van der Waals surface area contributed by atoms with Gasteiger partial charge in [0.25, 0.3) is 0 Å². The number of fused-ring (bicyclic) bond motifs is 1. The van der Waals surface area contributed by atoms with E-state index in [1.54, 1.807) is 0 Å². The molecule has 0 bridgehead atoms. The van der Waals surface area contributed by atoms with Crippen molar-refractivity contribution in [1.29, 1.82) is 0 Å². The number of nitrogens with one attached hydrogen (secondary N) is 1. The van der Waals surface area contributed by atoms with Gasteiger partial charge in [-0.2, -0.15) is 0 Å². The van der Waals surface area contributed by atoms with E-state index in [0.29, 0.717) is 0 Å². The van der Waals surface area contributed by atoms with E-state index in [1.807, 2.05) is 18.2 Å². The van der Waals surface area contributed by atoms with Crippen LogP contribution in [0.25, 0.3) is 38.6 Å². The standard InChI is InChI=1S/C34H27N/c1-2-3-12-30(25-35-32-21-19-28(20-22-32)26-13-6-4-7-14-26)34-24-31(27-15-8-5-9-16-27)23-29-17-10-11-18-33(29)34/h2-25,35H,1H2/b12-3-,30-25+. The second-order valence-corrected chi connectivity index (χ2v) is 8.39. The van der Waals surface area contributed by atoms with Crippen molar-refractivity contribution >= 4 is 22.0 Å². The molecule has 0 spiro atoms. The van der Waals surface area contributed by atoms with Crippen LogP contribution in [0.3, 0.4) is 0 Å². The molecule has 0 amide bonds. The second-order valence-electron chi connectivity index (χ2n) is 8.39. The van der Waals surface area contributed by atoms with Gasteiger partial charge in [-0.05, 0) is 68.4 Å². The fourth-order valence-electron chi connectivity index (χ4n) is 4.28. The Morgan fingerprint density at radius 1 is 0.600 bits per heavy atom. The molecule has 0 radical (unpaired) electrons.